The van der Waals surface area contributed by atoms with E-state index in [0.29, 0.717) is 19.4 Å². The summed E-state index contributed by atoms with van der Waals surface area (Å²) >= 11 is 0. The Morgan fingerprint density at radius 1 is 1.08 bits per heavy atom. The standard InChI is InChI=1S/C18H22N2O4/c21-17-7-8-18(22)20(17)13-4-3-9-19(10-13)11-14-12-23-15-5-1-2-6-16(15)24-14/h1-2,5-6,13-14H,3-4,7-12H2. The third kappa shape index (κ3) is 2.98. The normalized spacial score (nSPS) is 27.6. The third-order valence-corrected chi connectivity index (χ3v) is 4.97. The van der Waals surface area contributed by atoms with Gasteiger partial charge in [-0.2, -0.15) is 0 Å². The molecule has 0 N–H and O–H groups in total. The van der Waals surface area contributed by atoms with Gasteiger partial charge in [0.15, 0.2) is 11.5 Å². The molecule has 2 atom stereocenters. The maximum Gasteiger partial charge on any atom is 0.229 e. The summed E-state index contributed by atoms with van der Waals surface area (Å²) in [7, 11) is 0. The molecular formula is C18H22N2O4. The predicted octanol–water partition coefficient (Wildman–Crippen LogP) is 1.44. The van der Waals surface area contributed by atoms with Gasteiger partial charge in [0.2, 0.25) is 11.8 Å². The van der Waals surface area contributed by atoms with Crippen LogP contribution in [0.4, 0.5) is 0 Å². The Bertz CT molecular complexity index is 632. The van der Waals surface area contributed by atoms with E-state index in [9.17, 15) is 9.59 Å². The molecule has 6 nitrogen and oxygen atoms in total. The number of imide groups is 1. The lowest BCUT2D eigenvalue weighted by Gasteiger charge is -2.38. The minimum absolute atomic E-state index is 0.0121. The molecule has 3 heterocycles. The second-order valence-corrected chi connectivity index (χ2v) is 6.71. The van der Waals surface area contributed by atoms with E-state index in [0.717, 1.165) is 44.0 Å². The first-order valence-corrected chi connectivity index (χ1v) is 8.66. The number of para-hydroxylation sites is 2. The van der Waals surface area contributed by atoms with Crippen molar-refractivity contribution in [1.29, 1.82) is 0 Å². The van der Waals surface area contributed by atoms with Gasteiger partial charge in [-0.1, -0.05) is 12.1 Å². The predicted molar refractivity (Wildman–Crippen MR) is 86.9 cm³/mol. The zero-order valence-corrected chi connectivity index (χ0v) is 13.6. The number of fused-ring (bicyclic) bond motifs is 1. The molecule has 0 bridgehead atoms. The molecule has 2 fully saturated rings. The number of piperidine rings is 1. The fourth-order valence-corrected chi connectivity index (χ4v) is 3.85. The molecule has 2 unspecified atom stereocenters. The van der Waals surface area contributed by atoms with Crippen molar-refractivity contribution in [3.63, 3.8) is 0 Å². The maximum atomic E-state index is 12.0. The zero-order chi connectivity index (χ0) is 16.5. The highest BCUT2D eigenvalue weighted by Gasteiger charge is 2.37. The Morgan fingerprint density at radius 3 is 2.62 bits per heavy atom. The van der Waals surface area contributed by atoms with E-state index in [1.165, 1.54) is 4.90 Å². The van der Waals surface area contributed by atoms with Crippen molar-refractivity contribution >= 4 is 11.8 Å². The molecular weight excluding hydrogens is 308 g/mol. The van der Waals surface area contributed by atoms with Gasteiger partial charge < -0.3 is 9.47 Å². The second-order valence-electron chi connectivity index (χ2n) is 6.71. The van der Waals surface area contributed by atoms with E-state index in [4.69, 9.17) is 9.47 Å². The largest absolute Gasteiger partial charge is 0.486 e. The summed E-state index contributed by atoms with van der Waals surface area (Å²) in [6.07, 6.45) is 2.60. The monoisotopic (exact) mass is 330 g/mol. The van der Waals surface area contributed by atoms with Crippen LogP contribution < -0.4 is 9.47 Å². The van der Waals surface area contributed by atoms with Crippen LogP contribution in [-0.2, 0) is 9.59 Å². The average molecular weight is 330 g/mol. The minimum Gasteiger partial charge on any atom is -0.486 e. The van der Waals surface area contributed by atoms with Crippen LogP contribution in [0.15, 0.2) is 24.3 Å². The van der Waals surface area contributed by atoms with Crippen molar-refractivity contribution in [2.45, 2.75) is 37.8 Å². The second kappa shape index (κ2) is 6.43. The molecule has 0 radical (unpaired) electrons. The molecule has 0 saturated carbocycles. The fraction of sp³-hybridized carbons (Fsp3) is 0.556. The summed E-state index contributed by atoms with van der Waals surface area (Å²) < 4.78 is 11.8. The van der Waals surface area contributed by atoms with Crippen LogP contribution in [0, 0.1) is 0 Å². The van der Waals surface area contributed by atoms with Crippen LogP contribution in [-0.4, -0.2) is 60.0 Å². The van der Waals surface area contributed by atoms with E-state index < -0.39 is 0 Å². The summed E-state index contributed by atoms with van der Waals surface area (Å²) in [6, 6.07) is 7.71. The average Bonchev–Trinajstić information content (AvgIpc) is 2.94. The molecule has 3 aliphatic rings. The van der Waals surface area contributed by atoms with Crippen LogP contribution in [0.3, 0.4) is 0 Å². The lowest BCUT2D eigenvalue weighted by atomic mass is 10.0. The molecule has 0 aliphatic carbocycles. The van der Waals surface area contributed by atoms with Crippen molar-refractivity contribution in [1.82, 2.24) is 9.80 Å². The minimum atomic E-state index is -0.0244. The first-order chi connectivity index (χ1) is 11.7. The van der Waals surface area contributed by atoms with Gasteiger partial charge in [-0.25, -0.2) is 0 Å². The smallest absolute Gasteiger partial charge is 0.229 e. The van der Waals surface area contributed by atoms with Crippen molar-refractivity contribution in [3.05, 3.63) is 24.3 Å². The van der Waals surface area contributed by atoms with Crippen LogP contribution in [0.5, 0.6) is 11.5 Å². The van der Waals surface area contributed by atoms with Gasteiger partial charge >= 0.3 is 0 Å². The number of hydrogen-bond acceptors (Lipinski definition) is 5. The Kier molecular flexibility index (Phi) is 4.14. The highest BCUT2D eigenvalue weighted by Crippen LogP contribution is 2.31. The van der Waals surface area contributed by atoms with E-state index in [-0.39, 0.29) is 24.0 Å². The topological polar surface area (TPSA) is 59.1 Å². The Hall–Kier alpha value is -2.08. The van der Waals surface area contributed by atoms with Gasteiger partial charge in [-0.05, 0) is 31.5 Å². The fourth-order valence-electron chi connectivity index (χ4n) is 3.85. The molecule has 24 heavy (non-hydrogen) atoms. The van der Waals surface area contributed by atoms with Crippen LogP contribution >= 0.6 is 0 Å². The number of rotatable bonds is 3. The number of nitrogens with zero attached hydrogens (tertiary/aromatic N) is 2. The lowest BCUT2D eigenvalue weighted by Crippen LogP contribution is -2.52. The van der Waals surface area contributed by atoms with Gasteiger partial charge in [-0.15, -0.1) is 0 Å². The molecule has 2 amide bonds. The molecule has 1 aromatic carbocycles. The maximum absolute atomic E-state index is 12.0. The van der Waals surface area contributed by atoms with Crippen molar-refractivity contribution in [2.24, 2.45) is 0 Å². The molecule has 0 aromatic heterocycles. The number of amides is 2. The summed E-state index contributed by atoms with van der Waals surface area (Å²) in [5.41, 5.74) is 0. The van der Waals surface area contributed by atoms with E-state index in [2.05, 4.69) is 4.90 Å². The number of carbonyl (C=O) groups is 2. The van der Waals surface area contributed by atoms with Gasteiger partial charge in [0, 0.05) is 25.9 Å². The third-order valence-electron chi connectivity index (χ3n) is 4.97. The van der Waals surface area contributed by atoms with E-state index >= 15 is 0 Å². The van der Waals surface area contributed by atoms with Crippen LogP contribution in [0.1, 0.15) is 25.7 Å². The summed E-state index contributed by atoms with van der Waals surface area (Å²) in [5, 5.41) is 0. The Labute approximate surface area is 141 Å². The molecule has 1 aromatic rings. The Balaban J connectivity index is 1.37. The SMILES string of the molecule is O=C1CCC(=O)N1C1CCCN(CC2COc3ccccc3O2)C1. The van der Waals surface area contributed by atoms with Crippen molar-refractivity contribution in [2.75, 3.05) is 26.2 Å². The number of hydrogen-bond donors (Lipinski definition) is 0. The molecule has 4 rings (SSSR count). The summed E-state index contributed by atoms with van der Waals surface area (Å²) in [5.74, 6) is 1.54. The summed E-state index contributed by atoms with van der Waals surface area (Å²) in [4.78, 5) is 27.7. The summed E-state index contributed by atoms with van der Waals surface area (Å²) in [6.45, 7) is 2.98. The molecule has 3 aliphatic heterocycles. The van der Waals surface area contributed by atoms with Crippen molar-refractivity contribution < 1.29 is 19.1 Å². The van der Waals surface area contributed by atoms with Gasteiger partial charge in [0.25, 0.3) is 0 Å². The molecule has 128 valence electrons. The number of carbonyl (C=O) groups excluding carboxylic acids is 2. The highest BCUT2D eigenvalue weighted by molar-refractivity contribution is 6.02. The Morgan fingerprint density at radius 2 is 1.83 bits per heavy atom. The van der Waals surface area contributed by atoms with Crippen LogP contribution in [0.25, 0.3) is 0 Å². The van der Waals surface area contributed by atoms with Crippen molar-refractivity contribution in [3.8, 4) is 11.5 Å². The van der Waals surface area contributed by atoms with Gasteiger partial charge in [0.1, 0.15) is 12.7 Å². The molecule has 6 heteroatoms. The van der Waals surface area contributed by atoms with Crippen LogP contribution in [0.2, 0.25) is 0 Å². The van der Waals surface area contributed by atoms with E-state index in [1.807, 2.05) is 24.3 Å². The molecule has 0 spiro atoms. The van der Waals surface area contributed by atoms with Gasteiger partial charge in [-0.3, -0.25) is 19.4 Å². The zero-order valence-electron chi connectivity index (χ0n) is 13.6. The lowest BCUT2D eigenvalue weighted by molar-refractivity contribution is -0.142. The quantitative estimate of drug-likeness (QED) is 0.785. The number of benzene rings is 1. The van der Waals surface area contributed by atoms with Gasteiger partial charge in [0.05, 0.1) is 6.04 Å². The first-order valence-electron chi connectivity index (χ1n) is 8.66. The number of ether oxygens (including phenoxy) is 2. The highest BCUT2D eigenvalue weighted by atomic mass is 16.6. The number of likely N-dealkylation sites (tertiary alicyclic amines) is 2. The first kappa shape index (κ1) is 15.4. The van der Waals surface area contributed by atoms with E-state index in [1.54, 1.807) is 0 Å². The molecule has 2 saturated heterocycles.